The lowest BCUT2D eigenvalue weighted by molar-refractivity contribution is 0.319. The van der Waals surface area contributed by atoms with E-state index in [1.807, 2.05) is 0 Å². The van der Waals surface area contributed by atoms with Crippen molar-refractivity contribution in [2.24, 2.45) is 5.92 Å². The van der Waals surface area contributed by atoms with Crippen LogP contribution < -0.4 is 0 Å². The van der Waals surface area contributed by atoms with E-state index in [0.717, 1.165) is 5.92 Å². The maximum absolute atomic E-state index is 3.96. The average Bonchev–Trinajstić information content (AvgIpc) is 2.34. The molecule has 70 valence electrons. The molecule has 0 aliphatic carbocycles. The van der Waals surface area contributed by atoms with Crippen LogP contribution in [0.15, 0.2) is 12.3 Å². The molecule has 1 heterocycles. The number of allylic oxidation sites excluding steroid dienone is 1. The Kier molecular flexibility index (Phi) is 3.15. The van der Waals surface area contributed by atoms with Gasteiger partial charge in [-0.1, -0.05) is 6.58 Å². The molecule has 1 rings (SSSR count). The number of nitrogens with zero attached hydrogens (tertiary/aromatic N) is 2. The smallest absolute Gasteiger partial charge is 0.0215 e. The zero-order chi connectivity index (χ0) is 9.14. The first-order chi connectivity index (χ1) is 5.59. The van der Waals surface area contributed by atoms with Crippen molar-refractivity contribution in [2.75, 3.05) is 33.7 Å². The van der Waals surface area contributed by atoms with Crippen molar-refractivity contribution in [3.8, 4) is 0 Å². The molecule has 0 N–H and O–H groups in total. The van der Waals surface area contributed by atoms with Gasteiger partial charge < -0.3 is 9.80 Å². The lowest BCUT2D eigenvalue weighted by Gasteiger charge is -2.19. The molecule has 2 heteroatoms. The fourth-order valence-corrected chi connectivity index (χ4v) is 1.84. The molecule has 0 aromatic rings. The van der Waals surface area contributed by atoms with E-state index in [1.165, 1.54) is 31.8 Å². The molecule has 0 amide bonds. The normalized spacial score (nSPS) is 23.7. The molecular formula is C10H20N2. The second-order valence-electron chi connectivity index (χ2n) is 4.10. The second kappa shape index (κ2) is 3.94. The van der Waals surface area contributed by atoms with Crippen molar-refractivity contribution in [2.45, 2.75) is 13.3 Å². The molecule has 2 nitrogen and oxygen atoms in total. The second-order valence-corrected chi connectivity index (χ2v) is 4.10. The highest BCUT2D eigenvalue weighted by Gasteiger charge is 2.21. The minimum absolute atomic E-state index is 0.844. The summed E-state index contributed by atoms with van der Waals surface area (Å²) in [5.74, 6) is 0.844. The summed E-state index contributed by atoms with van der Waals surface area (Å²) in [7, 11) is 4.28. The molecule has 1 aliphatic heterocycles. The first-order valence-corrected chi connectivity index (χ1v) is 4.65. The van der Waals surface area contributed by atoms with Crippen molar-refractivity contribution in [3.63, 3.8) is 0 Å². The van der Waals surface area contributed by atoms with E-state index in [4.69, 9.17) is 0 Å². The summed E-state index contributed by atoms with van der Waals surface area (Å²) >= 11 is 0. The first-order valence-electron chi connectivity index (χ1n) is 4.65. The molecule has 1 atom stereocenters. The van der Waals surface area contributed by atoms with Gasteiger partial charge in [-0.05, 0) is 33.4 Å². The van der Waals surface area contributed by atoms with Crippen LogP contribution in [0.1, 0.15) is 13.3 Å². The van der Waals surface area contributed by atoms with Gasteiger partial charge in [0.05, 0.1) is 0 Å². The maximum Gasteiger partial charge on any atom is 0.0215 e. The lowest BCUT2D eigenvalue weighted by Crippen LogP contribution is -2.24. The summed E-state index contributed by atoms with van der Waals surface area (Å²) in [5, 5.41) is 0. The predicted molar refractivity (Wildman–Crippen MR) is 53.0 cm³/mol. The van der Waals surface area contributed by atoms with E-state index >= 15 is 0 Å². The van der Waals surface area contributed by atoms with Crippen LogP contribution in [0, 0.1) is 5.92 Å². The van der Waals surface area contributed by atoms with E-state index in [0.29, 0.717) is 0 Å². The first kappa shape index (κ1) is 9.59. The van der Waals surface area contributed by atoms with Gasteiger partial charge in [0.1, 0.15) is 0 Å². The van der Waals surface area contributed by atoms with Crippen LogP contribution in [0.25, 0.3) is 0 Å². The molecule has 0 bridgehead atoms. The predicted octanol–water partition coefficient (Wildman–Crippen LogP) is 1.40. The highest BCUT2D eigenvalue weighted by Crippen LogP contribution is 2.19. The zero-order valence-electron chi connectivity index (χ0n) is 8.51. The molecule has 0 unspecified atom stereocenters. The fraction of sp³-hybridized carbons (Fsp3) is 0.800. The summed E-state index contributed by atoms with van der Waals surface area (Å²) in [6.45, 7) is 9.67. The molecule has 0 spiro atoms. The topological polar surface area (TPSA) is 6.48 Å². The summed E-state index contributed by atoms with van der Waals surface area (Å²) in [6, 6.07) is 0. The number of hydrogen-bond acceptors (Lipinski definition) is 2. The zero-order valence-corrected chi connectivity index (χ0v) is 8.51. The largest absolute Gasteiger partial charge is 0.375 e. The average molecular weight is 168 g/mol. The molecule has 12 heavy (non-hydrogen) atoms. The molecular weight excluding hydrogens is 148 g/mol. The number of rotatable bonds is 3. The van der Waals surface area contributed by atoms with Crippen molar-refractivity contribution in [3.05, 3.63) is 12.3 Å². The SMILES string of the molecule is C=C(C)N1CC[C@@H](CN(C)C)C1. The monoisotopic (exact) mass is 168 g/mol. The quantitative estimate of drug-likeness (QED) is 0.628. The third kappa shape index (κ3) is 2.52. The maximum atomic E-state index is 3.96. The van der Waals surface area contributed by atoms with Crippen LogP contribution in [0.4, 0.5) is 0 Å². The van der Waals surface area contributed by atoms with E-state index in [-0.39, 0.29) is 0 Å². The van der Waals surface area contributed by atoms with Gasteiger partial charge >= 0.3 is 0 Å². The lowest BCUT2D eigenvalue weighted by atomic mass is 10.1. The third-order valence-electron chi connectivity index (χ3n) is 2.45. The van der Waals surface area contributed by atoms with Gasteiger partial charge in [0.25, 0.3) is 0 Å². The van der Waals surface area contributed by atoms with E-state index in [1.54, 1.807) is 0 Å². The van der Waals surface area contributed by atoms with Gasteiger partial charge in [-0.25, -0.2) is 0 Å². The van der Waals surface area contributed by atoms with E-state index < -0.39 is 0 Å². The Balaban J connectivity index is 2.30. The van der Waals surface area contributed by atoms with E-state index in [2.05, 4.69) is 37.4 Å². The van der Waals surface area contributed by atoms with Crippen LogP contribution in [0.3, 0.4) is 0 Å². The minimum Gasteiger partial charge on any atom is -0.375 e. The molecule has 1 saturated heterocycles. The van der Waals surface area contributed by atoms with Crippen LogP contribution >= 0.6 is 0 Å². The molecule has 1 aliphatic rings. The van der Waals surface area contributed by atoms with Crippen LogP contribution in [-0.2, 0) is 0 Å². The third-order valence-corrected chi connectivity index (χ3v) is 2.45. The highest BCUT2D eigenvalue weighted by atomic mass is 15.2. The fourth-order valence-electron chi connectivity index (χ4n) is 1.84. The molecule has 0 saturated carbocycles. The van der Waals surface area contributed by atoms with E-state index in [9.17, 15) is 0 Å². The molecule has 0 aromatic carbocycles. The van der Waals surface area contributed by atoms with Crippen LogP contribution in [-0.4, -0.2) is 43.5 Å². The Morgan fingerprint density at radius 2 is 2.25 bits per heavy atom. The Labute approximate surface area is 75.8 Å². The Morgan fingerprint density at radius 3 is 2.67 bits per heavy atom. The minimum atomic E-state index is 0.844. The summed E-state index contributed by atoms with van der Waals surface area (Å²) in [6.07, 6.45) is 1.32. The Bertz CT molecular complexity index is 163. The number of likely N-dealkylation sites (tertiary alicyclic amines) is 1. The van der Waals surface area contributed by atoms with Gasteiger partial charge in [-0.15, -0.1) is 0 Å². The summed E-state index contributed by atoms with van der Waals surface area (Å²) in [5.41, 5.74) is 1.22. The Morgan fingerprint density at radius 1 is 1.58 bits per heavy atom. The van der Waals surface area contributed by atoms with Gasteiger partial charge in [0, 0.05) is 25.3 Å². The van der Waals surface area contributed by atoms with Crippen LogP contribution in [0.5, 0.6) is 0 Å². The summed E-state index contributed by atoms with van der Waals surface area (Å²) < 4.78 is 0. The Hall–Kier alpha value is -0.500. The summed E-state index contributed by atoms with van der Waals surface area (Å²) in [4.78, 5) is 4.65. The van der Waals surface area contributed by atoms with Crippen LogP contribution in [0.2, 0.25) is 0 Å². The van der Waals surface area contributed by atoms with Gasteiger partial charge in [0.2, 0.25) is 0 Å². The van der Waals surface area contributed by atoms with Gasteiger partial charge in [-0.3, -0.25) is 0 Å². The number of hydrogen-bond donors (Lipinski definition) is 0. The van der Waals surface area contributed by atoms with Gasteiger partial charge in [0.15, 0.2) is 0 Å². The highest BCUT2D eigenvalue weighted by molar-refractivity contribution is 4.93. The molecule has 1 fully saturated rings. The standard InChI is InChI=1S/C10H20N2/c1-9(2)12-6-5-10(8-12)7-11(3)4/h10H,1,5-8H2,2-4H3/t10-/m0/s1. The molecule has 0 radical (unpaired) electrons. The van der Waals surface area contributed by atoms with Gasteiger partial charge in [-0.2, -0.15) is 0 Å². The van der Waals surface area contributed by atoms with Crippen molar-refractivity contribution in [1.29, 1.82) is 0 Å². The van der Waals surface area contributed by atoms with Crippen molar-refractivity contribution >= 4 is 0 Å². The van der Waals surface area contributed by atoms with Crippen molar-refractivity contribution < 1.29 is 0 Å². The molecule has 0 aromatic heterocycles. The van der Waals surface area contributed by atoms with Crippen molar-refractivity contribution in [1.82, 2.24) is 9.80 Å².